The lowest BCUT2D eigenvalue weighted by atomic mass is 9.95. The van der Waals surface area contributed by atoms with Gasteiger partial charge in [-0.2, -0.15) is 4.98 Å². The number of hydrogen-bond acceptors (Lipinski definition) is 7. The molecule has 1 aromatic heterocycles. The number of rotatable bonds is 10. The Morgan fingerprint density at radius 3 is 2.45 bits per heavy atom. The number of esters is 1. The van der Waals surface area contributed by atoms with Crippen LogP contribution in [-0.2, 0) is 28.5 Å². The predicted octanol–water partition coefficient (Wildman–Crippen LogP) is 8.49. The third-order valence-electron chi connectivity index (χ3n) is 7.07. The number of thioether (sulfide) groups is 1. The number of allylic oxidation sites excluding steroid dienone is 1. The number of benzene rings is 4. The topological polar surface area (TPSA) is 78.3 Å². The van der Waals surface area contributed by atoms with Gasteiger partial charge in [0, 0.05) is 21.5 Å². The maximum Gasteiger partial charge on any atom is 0.338 e. The third-order valence-corrected chi connectivity index (χ3v) is 8.58. The van der Waals surface area contributed by atoms with Crippen LogP contribution in [0, 0.1) is 0 Å². The molecule has 0 amide bonds. The Kier molecular flexibility index (Phi) is 9.21. The molecular formula is C34H28Cl2N4O3S. The van der Waals surface area contributed by atoms with E-state index in [4.69, 9.17) is 42.8 Å². The molecule has 222 valence electrons. The number of halogens is 2. The Labute approximate surface area is 269 Å². The molecule has 4 aromatic carbocycles. The lowest BCUT2D eigenvalue weighted by Gasteiger charge is -2.28. The molecule has 7 nitrogen and oxygen atoms in total. The van der Waals surface area contributed by atoms with E-state index in [1.807, 2.05) is 110 Å². The highest BCUT2D eigenvalue weighted by molar-refractivity contribution is 7.98. The number of ether oxygens (including phenoxy) is 2. The van der Waals surface area contributed by atoms with Crippen LogP contribution >= 0.6 is 35.0 Å². The summed E-state index contributed by atoms with van der Waals surface area (Å²) >= 11 is 13.9. The summed E-state index contributed by atoms with van der Waals surface area (Å²) < 4.78 is 13.7. The van der Waals surface area contributed by atoms with Gasteiger partial charge in [0.25, 0.3) is 0 Å². The normalized spacial score (nSPS) is 14.1. The van der Waals surface area contributed by atoms with Crippen molar-refractivity contribution in [2.24, 2.45) is 0 Å². The molecule has 0 spiro atoms. The molecule has 1 atom stereocenters. The first-order chi connectivity index (χ1) is 21.4. The van der Waals surface area contributed by atoms with E-state index >= 15 is 0 Å². The third kappa shape index (κ3) is 6.94. The van der Waals surface area contributed by atoms with Crippen LogP contribution in [0.4, 0.5) is 5.95 Å². The zero-order valence-electron chi connectivity index (χ0n) is 23.7. The van der Waals surface area contributed by atoms with E-state index in [1.54, 1.807) is 4.68 Å². The molecule has 44 heavy (non-hydrogen) atoms. The lowest BCUT2D eigenvalue weighted by Crippen LogP contribution is -2.29. The average Bonchev–Trinajstić information content (AvgIpc) is 3.45. The molecule has 1 N–H and O–H groups in total. The number of anilines is 1. The Balaban J connectivity index is 1.30. The van der Waals surface area contributed by atoms with Crippen LogP contribution in [0.25, 0.3) is 0 Å². The van der Waals surface area contributed by atoms with Crippen LogP contribution < -0.4 is 10.1 Å². The molecule has 0 fully saturated rings. The van der Waals surface area contributed by atoms with Gasteiger partial charge in [0.05, 0.1) is 5.57 Å². The number of hydrogen-bond donors (Lipinski definition) is 1. The molecule has 0 saturated heterocycles. The smallest absolute Gasteiger partial charge is 0.338 e. The number of carbonyl (C=O) groups excluding carboxylic acids is 1. The summed E-state index contributed by atoms with van der Waals surface area (Å²) in [4.78, 5) is 18.5. The molecular weight excluding hydrogens is 615 g/mol. The van der Waals surface area contributed by atoms with Crippen LogP contribution in [-0.4, -0.2) is 20.7 Å². The van der Waals surface area contributed by atoms with Gasteiger partial charge in [-0.3, -0.25) is 0 Å². The van der Waals surface area contributed by atoms with Gasteiger partial charge in [-0.15, -0.1) is 5.10 Å². The van der Waals surface area contributed by atoms with Crippen molar-refractivity contribution in [3.8, 4) is 5.75 Å². The minimum Gasteiger partial charge on any atom is -0.489 e. The molecule has 2 heterocycles. The number of aromatic nitrogens is 3. The highest BCUT2D eigenvalue weighted by atomic mass is 35.5. The van der Waals surface area contributed by atoms with Gasteiger partial charge in [0.15, 0.2) is 0 Å². The fourth-order valence-electron chi connectivity index (χ4n) is 4.85. The fraction of sp³-hybridized carbons (Fsp3) is 0.147. The van der Waals surface area contributed by atoms with E-state index in [-0.39, 0.29) is 6.61 Å². The maximum atomic E-state index is 13.7. The number of nitrogens with one attached hydrogen (secondary N) is 1. The predicted molar refractivity (Wildman–Crippen MR) is 174 cm³/mol. The van der Waals surface area contributed by atoms with Crippen molar-refractivity contribution >= 4 is 46.9 Å². The van der Waals surface area contributed by atoms with E-state index in [0.29, 0.717) is 50.5 Å². The van der Waals surface area contributed by atoms with Crippen LogP contribution in [0.2, 0.25) is 10.0 Å². The summed E-state index contributed by atoms with van der Waals surface area (Å²) in [6.45, 7) is 2.36. The highest BCUT2D eigenvalue weighted by Crippen LogP contribution is 2.38. The van der Waals surface area contributed by atoms with Gasteiger partial charge in [0.2, 0.25) is 11.1 Å². The van der Waals surface area contributed by atoms with Crippen molar-refractivity contribution in [3.63, 3.8) is 0 Å². The number of nitrogens with zero attached hydrogens (tertiary/aromatic N) is 3. The molecule has 6 rings (SSSR count). The van der Waals surface area contributed by atoms with Crippen LogP contribution in [0.3, 0.4) is 0 Å². The van der Waals surface area contributed by atoms with E-state index in [1.165, 1.54) is 11.8 Å². The average molecular weight is 644 g/mol. The van der Waals surface area contributed by atoms with Gasteiger partial charge in [-0.1, -0.05) is 108 Å². The van der Waals surface area contributed by atoms with Crippen molar-refractivity contribution in [1.29, 1.82) is 0 Å². The van der Waals surface area contributed by atoms with Crippen molar-refractivity contribution in [2.75, 3.05) is 5.32 Å². The molecule has 10 heteroatoms. The van der Waals surface area contributed by atoms with Gasteiger partial charge in [0.1, 0.15) is 25.0 Å². The lowest BCUT2D eigenvalue weighted by molar-refractivity contribution is -0.140. The van der Waals surface area contributed by atoms with Crippen LogP contribution in [0.5, 0.6) is 5.75 Å². The van der Waals surface area contributed by atoms with Gasteiger partial charge < -0.3 is 14.8 Å². The second kappa shape index (κ2) is 13.6. The standard InChI is InChI=1S/C34H28Cl2N4O3S/c1-22-30(32(41)43-20-23-8-3-2-4-9-23)31(25-11-7-12-28(18-25)42-19-24-14-16-27(35)17-15-24)40-33(37-22)38-34(39-40)44-21-26-10-5-6-13-29(26)36/h2-18,31H,19-21H2,1H3,(H,37,38,39). The van der Waals surface area contributed by atoms with Crippen LogP contribution in [0.1, 0.15) is 35.2 Å². The van der Waals surface area contributed by atoms with Crippen molar-refractivity contribution in [3.05, 3.63) is 147 Å². The molecule has 0 radical (unpaired) electrons. The van der Waals surface area contributed by atoms with Gasteiger partial charge >= 0.3 is 5.97 Å². The summed E-state index contributed by atoms with van der Waals surface area (Å²) in [5, 5.41) is 10.0. The Morgan fingerprint density at radius 1 is 0.909 bits per heavy atom. The van der Waals surface area contributed by atoms with Crippen LogP contribution in [0.15, 0.2) is 120 Å². The summed E-state index contributed by atoms with van der Waals surface area (Å²) in [6.07, 6.45) is 0. The first kappa shape index (κ1) is 29.8. The Bertz CT molecular complexity index is 1810. The fourth-order valence-corrected chi connectivity index (χ4v) is 6.09. The van der Waals surface area contributed by atoms with E-state index in [9.17, 15) is 4.79 Å². The first-order valence-corrected chi connectivity index (χ1v) is 15.7. The number of carbonyl (C=O) groups is 1. The van der Waals surface area contributed by atoms with E-state index in [2.05, 4.69) is 5.32 Å². The van der Waals surface area contributed by atoms with Crippen molar-refractivity contribution in [2.45, 2.75) is 37.1 Å². The van der Waals surface area contributed by atoms with Gasteiger partial charge in [-0.05, 0) is 59.5 Å². The second-order valence-electron chi connectivity index (χ2n) is 10.2. The summed E-state index contributed by atoms with van der Waals surface area (Å²) in [6, 6.07) is 31.9. The minimum atomic E-state index is -0.601. The summed E-state index contributed by atoms with van der Waals surface area (Å²) in [7, 11) is 0. The van der Waals surface area contributed by atoms with E-state index in [0.717, 1.165) is 22.3 Å². The van der Waals surface area contributed by atoms with Crippen molar-refractivity contribution in [1.82, 2.24) is 14.8 Å². The Morgan fingerprint density at radius 2 is 1.66 bits per heavy atom. The molecule has 0 saturated carbocycles. The minimum absolute atomic E-state index is 0.149. The summed E-state index contributed by atoms with van der Waals surface area (Å²) in [5.41, 5.74) is 4.76. The quantitative estimate of drug-likeness (QED) is 0.121. The Hall–Kier alpha value is -4.24. The van der Waals surface area contributed by atoms with Gasteiger partial charge in [-0.25, -0.2) is 9.48 Å². The largest absolute Gasteiger partial charge is 0.489 e. The highest BCUT2D eigenvalue weighted by Gasteiger charge is 2.35. The molecule has 0 bridgehead atoms. The zero-order chi connectivity index (χ0) is 30.5. The summed E-state index contributed by atoms with van der Waals surface area (Å²) in [5.74, 6) is 1.34. The number of fused-ring (bicyclic) bond motifs is 1. The molecule has 0 aliphatic carbocycles. The SMILES string of the molecule is CC1=C(C(=O)OCc2ccccc2)C(c2cccc(OCc3ccc(Cl)cc3)c2)n2nc(SCc3ccccc3Cl)nc2N1. The zero-order valence-corrected chi connectivity index (χ0v) is 26.1. The monoisotopic (exact) mass is 642 g/mol. The molecule has 5 aromatic rings. The van der Waals surface area contributed by atoms with Crippen molar-refractivity contribution < 1.29 is 14.3 Å². The first-order valence-electron chi connectivity index (χ1n) is 13.9. The molecule has 1 aliphatic heterocycles. The van der Waals surface area contributed by atoms with E-state index < -0.39 is 12.0 Å². The maximum absolute atomic E-state index is 13.7. The molecule has 1 unspecified atom stereocenters. The second-order valence-corrected chi connectivity index (χ2v) is 11.9. The molecule has 1 aliphatic rings.